The van der Waals surface area contributed by atoms with Gasteiger partial charge in [0, 0.05) is 31.3 Å². The van der Waals surface area contributed by atoms with Gasteiger partial charge in [0.2, 0.25) is 11.8 Å². The van der Waals surface area contributed by atoms with Gasteiger partial charge in [0.15, 0.2) is 11.8 Å². The summed E-state index contributed by atoms with van der Waals surface area (Å²) in [5, 5.41) is 6.79. The maximum Gasteiger partial charge on any atom is 0.269 e. The van der Waals surface area contributed by atoms with Gasteiger partial charge in [-0.3, -0.25) is 9.59 Å². The predicted molar refractivity (Wildman–Crippen MR) is 75.8 cm³/mol. The van der Waals surface area contributed by atoms with E-state index in [1.54, 1.807) is 4.90 Å². The molecule has 2 aliphatic heterocycles. The summed E-state index contributed by atoms with van der Waals surface area (Å²) in [6.07, 6.45) is 2.00. The Morgan fingerprint density at radius 3 is 2.61 bits per heavy atom. The smallest absolute Gasteiger partial charge is 0.269 e. The fourth-order valence-corrected chi connectivity index (χ4v) is 3.63. The molecule has 0 aromatic carbocycles. The molecule has 0 spiro atoms. The van der Waals surface area contributed by atoms with E-state index < -0.39 is 11.8 Å². The van der Waals surface area contributed by atoms with Crippen molar-refractivity contribution in [1.29, 1.82) is 0 Å². The lowest BCUT2D eigenvalue weighted by molar-refractivity contribution is -0.159. The van der Waals surface area contributed by atoms with Crippen LogP contribution in [0, 0.1) is 11.8 Å². The number of hydrogen-bond acceptors (Lipinski definition) is 4. The van der Waals surface area contributed by atoms with Crippen LogP contribution >= 0.6 is 0 Å². The second-order valence-electron chi connectivity index (χ2n) is 7.03. The summed E-state index contributed by atoms with van der Waals surface area (Å²) in [4.78, 5) is 31.3. The Labute approximate surface area is 132 Å². The van der Waals surface area contributed by atoms with Crippen LogP contribution in [-0.2, 0) is 14.4 Å². The van der Waals surface area contributed by atoms with Gasteiger partial charge in [-0.2, -0.15) is 0 Å². The molecule has 6 nitrogen and oxygen atoms in total. The van der Waals surface area contributed by atoms with E-state index in [0.717, 1.165) is 19.3 Å². The Kier molecular flexibility index (Phi) is 3.32. The lowest BCUT2D eigenvalue weighted by atomic mass is 9.80. The van der Waals surface area contributed by atoms with E-state index in [-0.39, 0.29) is 42.7 Å². The number of oxime groups is 1. The molecular formula is C15H19F2N3O3. The summed E-state index contributed by atoms with van der Waals surface area (Å²) in [6, 6.07) is 0.209. The quantitative estimate of drug-likeness (QED) is 0.838. The van der Waals surface area contributed by atoms with E-state index in [9.17, 15) is 18.4 Å². The molecule has 2 saturated carbocycles. The molecule has 1 N–H and O–H groups in total. The first-order valence-electron chi connectivity index (χ1n) is 8.14. The minimum absolute atomic E-state index is 0.209. The first-order valence-corrected chi connectivity index (χ1v) is 8.14. The van der Waals surface area contributed by atoms with Crippen LogP contribution in [0.4, 0.5) is 8.78 Å². The number of fused-ring (bicyclic) bond motifs is 1. The number of halogens is 2. The third kappa shape index (κ3) is 2.57. The molecule has 0 aromatic rings. The molecule has 0 unspecified atom stereocenters. The lowest BCUT2D eigenvalue weighted by Gasteiger charge is -2.36. The standard InChI is InChI=1S/C15H19F2N3O3/c16-15(17)4-8(5-15)14(22)20-6-10-11(7-20)23-19-12(10)13(21)18-9-2-1-3-9/h8-11H,1-7H2,(H,18,21)/t10-,11+/m0/s1. The zero-order chi connectivity index (χ0) is 16.2. The average molecular weight is 327 g/mol. The van der Waals surface area contributed by atoms with Crippen LogP contribution in [0.3, 0.4) is 0 Å². The number of alkyl halides is 2. The minimum Gasteiger partial charge on any atom is -0.389 e. The van der Waals surface area contributed by atoms with E-state index >= 15 is 0 Å². The molecule has 4 aliphatic rings. The van der Waals surface area contributed by atoms with Crippen molar-refractivity contribution in [1.82, 2.24) is 10.2 Å². The number of nitrogens with zero attached hydrogens (tertiary/aromatic N) is 2. The molecule has 8 heteroatoms. The van der Waals surface area contributed by atoms with Crippen molar-refractivity contribution in [3.8, 4) is 0 Å². The Morgan fingerprint density at radius 2 is 2.00 bits per heavy atom. The number of hydrogen-bond donors (Lipinski definition) is 1. The number of amides is 2. The maximum absolute atomic E-state index is 12.9. The monoisotopic (exact) mass is 327 g/mol. The van der Waals surface area contributed by atoms with Crippen LogP contribution in [0.25, 0.3) is 0 Å². The van der Waals surface area contributed by atoms with Crippen LogP contribution < -0.4 is 5.32 Å². The van der Waals surface area contributed by atoms with Gasteiger partial charge in [-0.05, 0) is 19.3 Å². The fourth-order valence-electron chi connectivity index (χ4n) is 3.63. The second kappa shape index (κ2) is 5.14. The summed E-state index contributed by atoms with van der Waals surface area (Å²) in [5.74, 6) is -4.05. The molecule has 0 aromatic heterocycles. The van der Waals surface area contributed by atoms with Crippen LogP contribution in [0.5, 0.6) is 0 Å². The van der Waals surface area contributed by atoms with E-state index in [4.69, 9.17) is 4.84 Å². The third-order valence-corrected chi connectivity index (χ3v) is 5.33. The molecule has 2 heterocycles. The summed E-state index contributed by atoms with van der Waals surface area (Å²) in [7, 11) is 0. The minimum atomic E-state index is -2.71. The molecule has 3 fully saturated rings. The van der Waals surface area contributed by atoms with Crippen molar-refractivity contribution < 1.29 is 23.2 Å². The topological polar surface area (TPSA) is 71.0 Å². The fraction of sp³-hybridized carbons (Fsp3) is 0.800. The van der Waals surface area contributed by atoms with Crippen molar-refractivity contribution in [2.45, 2.75) is 50.2 Å². The van der Waals surface area contributed by atoms with Crippen molar-refractivity contribution >= 4 is 17.5 Å². The van der Waals surface area contributed by atoms with Crippen molar-refractivity contribution in [2.24, 2.45) is 17.0 Å². The zero-order valence-electron chi connectivity index (χ0n) is 12.6. The second-order valence-corrected chi connectivity index (χ2v) is 7.03. The van der Waals surface area contributed by atoms with E-state index in [1.165, 1.54) is 0 Å². The summed E-state index contributed by atoms with van der Waals surface area (Å²) in [6.45, 7) is 0.637. The molecule has 1 saturated heterocycles. The maximum atomic E-state index is 12.9. The molecule has 126 valence electrons. The summed E-state index contributed by atoms with van der Waals surface area (Å²) in [5.41, 5.74) is 0.330. The van der Waals surface area contributed by atoms with Crippen LogP contribution in [0.15, 0.2) is 5.16 Å². The van der Waals surface area contributed by atoms with Crippen molar-refractivity contribution in [3.63, 3.8) is 0 Å². The van der Waals surface area contributed by atoms with Gasteiger partial charge in [-0.25, -0.2) is 8.78 Å². The van der Waals surface area contributed by atoms with E-state index in [0.29, 0.717) is 18.8 Å². The number of carbonyl (C=O) groups excluding carboxylic acids is 2. The molecule has 2 aliphatic carbocycles. The van der Waals surface area contributed by atoms with Crippen LogP contribution in [0.2, 0.25) is 0 Å². The first kappa shape index (κ1) is 14.8. The Morgan fingerprint density at radius 1 is 1.26 bits per heavy atom. The SMILES string of the molecule is O=C(NC1CCC1)C1=NO[C@@H]2CN(C(=O)C3CC(F)(F)C3)C[C@H]12. The molecule has 23 heavy (non-hydrogen) atoms. The number of likely N-dealkylation sites (tertiary alicyclic amines) is 1. The van der Waals surface area contributed by atoms with Crippen LogP contribution in [-0.4, -0.2) is 53.6 Å². The Bertz CT molecular complexity index is 568. The number of nitrogens with one attached hydrogen (secondary N) is 1. The molecule has 2 atom stereocenters. The van der Waals surface area contributed by atoms with E-state index in [2.05, 4.69) is 10.5 Å². The highest BCUT2D eigenvalue weighted by Crippen LogP contribution is 2.44. The highest BCUT2D eigenvalue weighted by atomic mass is 19.3. The number of rotatable bonds is 3. The van der Waals surface area contributed by atoms with Gasteiger partial charge < -0.3 is 15.1 Å². The highest BCUT2D eigenvalue weighted by molar-refractivity contribution is 6.40. The van der Waals surface area contributed by atoms with E-state index in [1.807, 2.05) is 0 Å². The molecule has 0 radical (unpaired) electrons. The van der Waals surface area contributed by atoms with Gasteiger partial charge in [0.25, 0.3) is 5.91 Å². The third-order valence-electron chi connectivity index (χ3n) is 5.33. The molecule has 2 amide bonds. The van der Waals surface area contributed by atoms with Gasteiger partial charge in [-0.15, -0.1) is 0 Å². The normalized spacial score (nSPS) is 32.4. The highest BCUT2D eigenvalue weighted by Gasteiger charge is 2.53. The van der Waals surface area contributed by atoms with Crippen LogP contribution in [0.1, 0.15) is 32.1 Å². The summed E-state index contributed by atoms with van der Waals surface area (Å²) < 4.78 is 25.9. The van der Waals surface area contributed by atoms with Crippen molar-refractivity contribution in [3.05, 3.63) is 0 Å². The van der Waals surface area contributed by atoms with Gasteiger partial charge in [-0.1, -0.05) is 5.16 Å². The van der Waals surface area contributed by atoms with Gasteiger partial charge in [0.05, 0.1) is 12.5 Å². The van der Waals surface area contributed by atoms with Crippen molar-refractivity contribution in [2.75, 3.05) is 13.1 Å². The largest absolute Gasteiger partial charge is 0.389 e. The first-order chi connectivity index (χ1) is 10.9. The van der Waals surface area contributed by atoms with Gasteiger partial charge >= 0.3 is 0 Å². The number of carbonyl (C=O) groups is 2. The average Bonchev–Trinajstić information content (AvgIpc) is 2.98. The zero-order valence-corrected chi connectivity index (χ0v) is 12.6. The molecular weight excluding hydrogens is 308 g/mol. The predicted octanol–water partition coefficient (Wildman–Crippen LogP) is 0.914. The Balaban J connectivity index is 1.35. The lowest BCUT2D eigenvalue weighted by Crippen LogP contribution is -2.47. The van der Waals surface area contributed by atoms with Gasteiger partial charge in [0.1, 0.15) is 0 Å². The molecule has 0 bridgehead atoms. The Hall–Kier alpha value is -1.73. The molecule has 4 rings (SSSR count). The summed E-state index contributed by atoms with van der Waals surface area (Å²) >= 11 is 0.